The van der Waals surface area contributed by atoms with Gasteiger partial charge in [0.2, 0.25) is 5.91 Å². The van der Waals surface area contributed by atoms with Gasteiger partial charge in [-0.2, -0.15) is 5.10 Å². The number of hydrogen-bond acceptors (Lipinski definition) is 5. The maximum absolute atomic E-state index is 13.1. The minimum absolute atomic E-state index is 0.0487. The van der Waals surface area contributed by atoms with Crippen LogP contribution in [0.25, 0.3) is 10.2 Å². The molecular weight excluding hydrogens is 394 g/mol. The van der Waals surface area contributed by atoms with E-state index in [-0.39, 0.29) is 17.7 Å². The fourth-order valence-corrected chi connectivity index (χ4v) is 5.00. The molecule has 150 valence electrons. The van der Waals surface area contributed by atoms with Crippen LogP contribution in [0.15, 0.2) is 73.3 Å². The second-order valence-electron chi connectivity index (χ2n) is 7.45. The number of fused-ring (bicyclic) bond motifs is 1. The summed E-state index contributed by atoms with van der Waals surface area (Å²) in [5.41, 5.74) is 2.92. The Morgan fingerprint density at radius 2 is 1.93 bits per heavy atom. The number of carbonyl (C=O) groups is 1. The van der Waals surface area contributed by atoms with Gasteiger partial charge in [0, 0.05) is 11.6 Å². The van der Waals surface area contributed by atoms with Crippen molar-refractivity contribution in [3.8, 4) is 0 Å². The maximum Gasteiger partial charge on any atom is 0.228 e. The highest BCUT2D eigenvalue weighted by Gasteiger charge is 2.32. The van der Waals surface area contributed by atoms with E-state index < -0.39 is 0 Å². The Morgan fingerprint density at radius 3 is 2.73 bits per heavy atom. The van der Waals surface area contributed by atoms with Crippen molar-refractivity contribution >= 4 is 33.1 Å². The summed E-state index contributed by atoms with van der Waals surface area (Å²) in [6.07, 6.45) is 9.06. The Labute approximate surface area is 178 Å². The van der Waals surface area contributed by atoms with Crippen LogP contribution in [-0.4, -0.2) is 25.7 Å². The molecule has 1 N–H and O–H groups in total. The highest BCUT2D eigenvalue weighted by Crippen LogP contribution is 2.39. The third-order valence-electron chi connectivity index (χ3n) is 5.43. The first-order chi connectivity index (χ1) is 14.8. The zero-order chi connectivity index (χ0) is 20.3. The van der Waals surface area contributed by atoms with Crippen molar-refractivity contribution in [2.24, 2.45) is 5.92 Å². The van der Waals surface area contributed by atoms with Crippen LogP contribution in [0.4, 0.5) is 5.69 Å². The number of carbonyl (C=O) groups excluding carboxylic acids is 1. The molecule has 2 unspecified atom stereocenters. The molecule has 1 aliphatic carbocycles. The van der Waals surface area contributed by atoms with Crippen LogP contribution in [0, 0.1) is 5.92 Å². The molecule has 0 saturated carbocycles. The van der Waals surface area contributed by atoms with Crippen molar-refractivity contribution in [1.82, 2.24) is 19.7 Å². The first-order valence-electron chi connectivity index (χ1n) is 9.99. The van der Waals surface area contributed by atoms with Gasteiger partial charge < -0.3 is 5.32 Å². The number of rotatable bonds is 5. The van der Waals surface area contributed by atoms with E-state index in [0.717, 1.165) is 34.6 Å². The van der Waals surface area contributed by atoms with Crippen molar-refractivity contribution in [2.75, 3.05) is 5.32 Å². The summed E-state index contributed by atoms with van der Waals surface area (Å²) in [5.74, 6) is 0.0389. The van der Waals surface area contributed by atoms with Gasteiger partial charge in [-0.3, -0.25) is 4.79 Å². The fraction of sp³-hybridized carbons (Fsp3) is 0.217. The van der Waals surface area contributed by atoms with E-state index in [9.17, 15) is 4.79 Å². The van der Waals surface area contributed by atoms with Crippen molar-refractivity contribution < 1.29 is 4.79 Å². The summed E-state index contributed by atoms with van der Waals surface area (Å²) < 4.78 is 2.94. The molecule has 0 bridgehead atoms. The summed E-state index contributed by atoms with van der Waals surface area (Å²) in [5, 5.41) is 8.27. The third-order valence-corrected chi connectivity index (χ3v) is 6.60. The number of amides is 1. The van der Waals surface area contributed by atoms with Crippen LogP contribution in [-0.2, 0) is 11.3 Å². The van der Waals surface area contributed by atoms with Gasteiger partial charge in [0.1, 0.15) is 12.7 Å². The second-order valence-corrected chi connectivity index (χ2v) is 8.52. The molecule has 2 aromatic heterocycles. The van der Waals surface area contributed by atoms with Crippen molar-refractivity contribution in [2.45, 2.75) is 25.3 Å². The molecule has 4 aromatic rings. The Bertz CT molecular complexity index is 1150. The van der Waals surface area contributed by atoms with Gasteiger partial charge in [-0.25, -0.2) is 14.6 Å². The van der Waals surface area contributed by atoms with Gasteiger partial charge in [0.15, 0.2) is 0 Å². The molecule has 0 saturated heterocycles. The second kappa shape index (κ2) is 8.20. The molecule has 6 nitrogen and oxygen atoms in total. The quantitative estimate of drug-likeness (QED) is 0.483. The lowest BCUT2D eigenvalue weighted by molar-refractivity contribution is -0.120. The summed E-state index contributed by atoms with van der Waals surface area (Å²) in [7, 11) is 0. The van der Waals surface area contributed by atoms with Crippen LogP contribution in [0.3, 0.4) is 0 Å². The largest absolute Gasteiger partial charge is 0.326 e. The van der Waals surface area contributed by atoms with E-state index in [2.05, 4.69) is 33.6 Å². The average molecular weight is 416 g/mol. The third kappa shape index (κ3) is 3.89. The number of hydrogen-bond donors (Lipinski definition) is 1. The smallest absolute Gasteiger partial charge is 0.228 e. The Hall–Kier alpha value is -3.32. The van der Waals surface area contributed by atoms with Gasteiger partial charge >= 0.3 is 0 Å². The zero-order valence-electron chi connectivity index (χ0n) is 16.3. The highest BCUT2D eigenvalue weighted by atomic mass is 32.1. The molecule has 2 aromatic carbocycles. The normalized spacial score (nSPS) is 18.5. The standard InChI is InChI=1S/C23H21N5OS/c29-22(26-17-11-9-16(10-12-17)13-28-15-24-14-25-28)18-5-1-2-6-19(18)23-27-20-7-3-4-8-21(20)30-23/h1-4,7-12,14-15,18-19H,5-6,13H2,(H,26,29). The average Bonchev–Trinajstić information content (AvgIpc) is 3.44. The summed E-state index contributed by atoms with van der Waals surface area (Å²) in [4.78, 5) is 21.9. The Morgan fingerprint density at radius 1 is 1.10 bits per heavy atom. The predicted octanol–water partition coefficient (Wildman–Crippen LogP) is 4.62. The molecule has 2 heterocycles. The van der Waals surface area contributed by atoms with Crippen LogP contribution in [0.2, 0.25) is 0 Å². The van der Waals surface area contributed by atoms with Crippen LogP contribution in [0.5, 0.6) is 0 Å². The van der Waals surface area contributed by atoms with Crippen LogP contribution in [0.1, 0.15) is 29.3 Å². The number of anilines is 1. The molecule has 5 rings (SSSR count). The zero-order valence-corrected chi connectivity index (χ0v) is 17.1. The van der Waals surface area contributed by atoms with Gasteiger partial charge in [0.25, 0.3) is 0 Å². The van der Waals surface area contributed by atoms with E-state index in [4.69, 9.17) is 4.98 Å². The topological polar surface area (TPSA) is 72.7 Å². The van der Waals surface area contributed by atoms with E-state index in [1.807, 2.05) is 42.5 Å². The summed E-state index contributed by atoms with van der Waals surface area (Å²) in [6, 6.07) is 16.0. The number of nitrogens with zero attached hydrogens (tertiary/aromatic N) is 4. The molecule has 7 heteroatoms. The molecule has 0 spiro atoms. The first kappa shape index (κ1) is 18.7. The van der Waals surface area contributed by atoms with E-state index >= 15 is 0 Å². The first-order valence-corrected chi connectivity index (χ1v) is 10.8. The lowest BCUT2D eigenvalue weighted by Gasteiger charge is -2.26. The number of allylic oxidation sites excluding steroid dienone is 2. The summed E-state index contributed by atoms with van der Waals surface area (Å²) in [6.45, 7) is 0.654. The monoisotopic (exact) mass is 415 g/mol. The van der Waals surface area contributed by atoms with Gasteiger partial charge in [-0.05, 0) is 42.7 Å². The van der Waals surface area contributed by atoms with Crippen molar-refractivity contribution in [3.05, 3.63) is 83.9 Å². The molecule has 0 fully saturated rings. The van der Waals surface area contributed by atoms with Gasteiger partial charge in [0.05, 0.1) is 27.7 Å². The van der Waals surface area contributed by atoms with E-state index in [1.54, 1.807) is 22.3 Å². The fourth-order valence-electron chi connectivity index (χ4n) is 3.86. The van der Waals surface area contributed by atoms with Crippen molar-refractivity contribution in [3.63, 3.8) is 0 Å². The van der Waals surface area contributed by atoms with Gasteiger partial charge in [-0.15, -0.1) is 11.3 Å². The maximum atomic E-state index is 13.1. The molecule has 1 aliphatic rings. The minimum atomic E-state index is -0.120. The molecule has 2 atom stereocenters. The number of para-hydroxylation sites is 1. The Kier molecular flexibility index (Phi) is 5.11. The number of aromatic nitrogens is 4. The van der Waals surface area contributed by atoms with E-state index in [1.165, 1.54) is 11.0 Å². The molecular formula is C23H21N5OS. The SMILES string of the molecule is O=C(Nc1ccc(Cn2cncn2)cc1)C1CC=CCC1c1nc2ccccc2s1. The summed E-state index contributed by atoms with van der Waals surface area (Å²) >= 11 is 1.70. The number of benzene rings is 2. The Balaban J connectivity index is 1.31. The number of thiazole rings is 1. The highest BCUT2D eigenvalue weighted by molar-refractivity contribution is 7.18. The lowest BCUT2D eigenvalue weighted by atomic mass is 9.82. The molecule has 30 heavy (non-hydrogen) atoms. The van der Waals surface area contributed by atoms with Crippen LogP contribution < -0.4 is 5.32 Å². The molecule has 0 radical (unpaired) electrons. The van der Waals surface area contributed by atoms with Crippen LogP contribution >= 0.6 is 11.3 Å². The van der Waals surface area contributed by atoms with Crippen molar-refractivity contribution in [1.29, 1.82) is 0 Å². The molecule has 1 amide bonds. The van der Waals surface area contributed by atoms with Gasteiger partial charge in [-0.1, -0.05) is 36.4 Å². The predicted molar refractivity (Wildman–Crippen MR) is 118 cm³/mol. The lowest BCUT2D eigenvalue weighted by Crippen LogP contribution is -2.29. The minimum Gasteiger partial charge on any atom is -0.326 e. The van der Waals surface area contributed by atoms with E-state index in [0.29, 0.717) is 6.54 Å². The molecule has 0 aliphatic heterocycles. The number of nitrogens with one attached hydrogen (secondary N) is 1.